The van der Waals surface area contributed by atoms with Crippen molar-refractivity contribution in [2.75, 3.05) is 18.9 Å². The summed E-state index contributed by atoms with van der Waals surface area (Å²) in [6.45, 7) is 2.36. The number of nitrogens with two attached hydrogens (primary N) is 1. The number of nitrogen functional groups attached to an aromatic ring is 1. The van der Waals surface area contributed by atoms with Gasteiger partial charge in [0, 0.05) is 15.6 Å². The van der Waals surface area contributed by atoms with Crippen LogP contribution in [0, 0.1) is 22.7 Å². The monoisotopic (exact) mass is 497 g/mol. The molecular weight excluding hydrogens is 477 g/mol. The zero-order chi connectivity index (χ0) is 24.7. The van der Waals surface area contributed by atoms with Crippen molar-refractivity contribution < 1.29 is 14.6 Å². The first-order valence-electron chi connectivity index (χ1n) is 10.2. The van der Waals surface area contributed by atoms with Gasteiger partial charge in [-0.3, -0.25) is 0 Å². The van der Waals surface area contributed by atoms with Crippen LogP contribution in [0.1, 0.15) is 29.3 Å². The van der Waals surface area contributed by atoms with Crippen LogP contribution in [0.3, 0.4) is 0 Å². The Morgan fingerprint density at radius 1 is 1.18 bits per heavy atom. The van der Waals surface area contributed by atoms with E-state index in [1.807, 2.05) is 13.0 Å². The van der Waals surface area contributed by atoms with Crippen LogP contribution in [-0.4, -0.2) is 28.1 Å². The Kier molecular flexibility index (Phi) is 8.39. The minimum Gasteiger partial charge on any atom is -0.490 e. The number of anilines is 1. The average molecular weight is 498 g/mol. The lowest BCUT2D eigenvalue weighted by Crippen LogP contribution is -2.07. The van der Waals surface area contributed by atoms with Gasteiger partial charge in [-0.25, -0.2) is 4.68 Å². The maximum Gasteiger partial charge on any atom is 0.161 e. The lowest BCUT2D eigenvalue weighted by atomic mass is 10.1. The van der Waals surface area contributed by atoms with E-state index in [0.717, 1.165) is 5.56 Å². The molecule has 1 aromatic heterocycles. The molecule has 0 saturated heterocycles. The highest BCUT2D eigenvalue weighted by Gasteiger charge is 2.19. The predicted molar refractivity (Wildman–Crippen MR) is 130 cm³/mol. The summed E-state index contributed by atoms with van der Waals surface area (Å²) in [5.41, 5.74) is 7.71. The van der Waals surface area contributed by atoms with E-state index in [1.165, 1.54) is 4.68 Å². The summed E-state index contributed by atoms with van der Waals surface area (Å²) in [7, 11) is 0. The molecule has 34 heavy (non-hydrogen) atoms. The summed E-state index contributed by atoms with van der Waals surface area (Å²) >= 11 is 12.2. The Balaban J connectivity index is 1.93. The van der Waals surface area contributed by atoms with Crippen molar-refractivity contribution in [2.45, 2.75) is 20.1 Å². The quantitative estimate of drug-likeness (QED) is 0.410. The maximum atomic E-state index is 9.73. The van der Waals surface area contributed by atoms with Gasteiger partial charge in [0.15, 0.2) is 11.5 Å². The highest BCUT2D eigenvalue weighted by molar-refractivity contribution is 6.35. The number of benzene rings is 2. The van der Waals surface area contributed by atoms with Gasteiger partial charge < -0.3 is 20.3 Å². The maximum absolute atomic E-state index is 9.73. The van der Waals surface area contributed by atoms with E-state index in [1.54, 1.807) is 42.5 Å². The molecule has 0 unspecified atom stereocenters. The number of hydrogen-bond donors (Lipinski definition) is 2. The van der Waals surface area contributed by atoms with Crippen LogP contribution < -0.4 is 15.2 Å². The van der Waals surface area contributed by atoms with E-state index >= 15 is 0 Å². The fourth-order valence-corrected chi connectivity index (χ4v) is 3.62. The molecule has 0 aliphatic rings. The molecular formula is C24H21Cl2N5O3. The number of nitriles is 2. The minimum absolute atomic E-state index is 0.0751. The SMILES string of the molecule is CCOc1cc(C=C(C#N)c2nn(CCO)c(N)c2C#N)ccc1OCc1ccc(Cl)cc1Cl. The Labute approximate surface area is 207 Å². The van der Waals surface area contributed by atoms with E-state index in [2.05, 4.69) is 11.2 Å². The zero-order valence-corrected chi connectivity index (χ0v) is 19.8. The highest BCUT2D eigenvalue weighted by atomic mass is 35.5. The number of ether oxygens (including phenoxy) is 2. The highest BCUT2D eigenvalue weighted by Crippen LogP contribution is 2.32. The molecule has 0 amide bonds. The molecule has 8 nitrogen and oxygen atoms in total. The van der Waals surface area contributed by atoms with Crippen LogP contribution in [0.5, 0.6) is 11.5 Å². The number of allylic oxidation sites excluding steroid dienone is 1. The summed E-state index contributed by atoms with van der Waals surface area (Å²) < 4.78 is 12.9. The third kappa shape index (κ3) is 5.62. The molecule has 3 rings (SSSR count). The first-order valence-corrected chi connectivity index (χ1v) is 11.0. The van der Waals surface area contributed by atoms with E-state index in [9.17, 15) is 15.6 Å². The number of nitrogens with zero attached hydrogens (tertiary/aromatic N) is 4. The van der Waals surface area contributed by atoms with Crippen molar-refractivity contribution in [3.05, 3.63) is 68.8 Å². The molecule has 0 radical (unpaired) electrons. The lowest BCUT2D eigenvalue weighted by molar-refractivity contribution is 0.269. The molecule has 3 N–H and O–H groups in total. The number of halogens is 2. The van der Waals surface area contributed by atoms with Gasteiger partial charge in [-0.1, -0.05) is 35.3 Å². The van der Waals surface area contributed by atoms with Crippen LogP contribution in [0.2, 0.25) is 10.0 Å². The van der Waals surface area contributed by atoms with E-state index in [4.69, 9.17) is 38.4 Å². The van der Waals surface area contributed by atoms with Gasteiger partial charge in [0.1, 0.15) is 35.8 Å². The molecule has 0 spiro atoms. The fraction of sp³-hybridized carbons (Fsp3) is 0.208. The molecule has 0 bridgehead atoms. The summed E-state index contributed by atoms with van der Waals surface area (Å²) in [5, 5.41) is 33.7. The van der Waals surface area contributed by atoms with Crippen LogP contribution >= 0.6 is 23.2 Å². The fourth-order valence-electron chi connectivity index (χ4n) is 3.16. The smallest absolute Gasteiger partial charge is 0.161 e. The molecule has 10 heteroatoms. The molecule has 0 aliphatic carbocycles. The second-order valence-electron chi connectivity index (χ2n) is 7.00. The van der Waals surface area contributed by atoms with Crippen molar-refractivity contribution in [3.63, 3.8) is 0 Å². The van der Waals surface area contributed by atoms with E-state index in [-0.39, 0.29) is 42.4 Å². The summed E-state index contributed by atoms with van der Waals surface area (Å²) in [5.74, 6) is 1.06. The van der Waals surface area contributed by atoms with Crippen molar-refractivity contribution in [3.8, 4) is 23.6 Å². The van der Waals surface area contributed by atoms with Gasteiger partial charge in [0.25, 0.3) is 0 Å². The van der Waals surface area contributed by atoms with Crippen LogP contribution in [-0.2, 0) is 13.2 Å². The average Bonchev–Trinajstić information content (AvgIpc) is 3.13. The molecule has 0 saturated carbocycles. The second kappa shape index (κ2) is 11.4. The summed E-state index contributed by atoms with van der Waals surface area (Å²) in [6, 6.07) is 14.4. The molecule has 3 aromatic rings. The number of rotatable bonds is 9. The first kappa shape index (κ1) is 24.9. The molecule has 1 heterocycles. The van der Waals surface area contributed by atoms with Gasteiger partial charge in [0.05, 0.1) is 25.3 Å². The Hall–Kier alpha value is -3.69. The first-order chi connectivity index (χ1) is 16.4. The third-order valence-corrected chi connectivity index (χ3v) is 5.35. The van der Waals surface area contributed by atoms with Gasteiger partial charge in [-0.15, -0.1) is 0 Å². The van der Waals surface area contributed by atoms with Crippen molar-refractivity contribution in [1.29, 1.82) is 10.5 Å². The van der Waals surface area contributed by atoms with Crippen molar-refractivity contribution in [2.24, 2.45) is 0 Å². The van der Waals surface area contributed by atoms with Crippen molar-refractivity contribution >= 4 is 40.7 Å². The number of aliphatic hydroxyl groups excluding tert-OH is 1. The standard InChI is InChI=1S/C24H21Cl2N5O3/c1-2-33-22-10-15(3-6-21(22)34-14-16-4-5-18(25)11-20(16)26)9-17(12-27)23-19(13-28)24(29)31(30-23)7-8-32/h3-6,9-11,32H,2,7-8,14,29H2,1H3. The number of aliphatic hydroxyl groups is 1. The molecule has 174 valence electrons. The Morgan fingerprint density at radius 2 is 1.97 bits per heavy atom. The van der Waals surface area contributed by atoms with Gasteiger partial charge in [-0.2, -0.15) is 15.6 Å². The largest absolute Gasteiger partial charge is 0.490 e. The molecule has 0 atom stereocenters. The van der Waals surface area contributed by atoms with Crippen LogP contribution in [0.15, 0.2) is 36.4 Å². The lowest BCUT2D eigenvalue weighted by Gasteiger charge is -2.13. The minimum atomic E-state index is -0.206. The van der Waals surface area contributed by atoms with Crippen molar-refractivity contribution in [1.82, 2.24) is 9.78 Å². The topological polar surface area (TPSA) is 130 Å². The molecule has 0 aliphatic heterocycles. The van der Waals surface area contributed by atoms with Gasteiger partial charge >= 0.3 is 0 Å². The zero-order valence-electron chi connectivity index (χ0n) is 18.3. The predicted octanol–water partition coefficient (Wildman–Crippen LogP) is 4.68. The molecule has 2 aromatic carbocycles. The number of aromatic nitrogens is 2. The van der Waals surface area contributed by atoms with E-state index in [0.29, 0.717) is 33.7 Å². The Bertz CT molecular complexity index is 1310. The third-order valence-electron chi connectivity index (χ3n) is 4.77. The van der Waals surface area contributed by atoms with E-state index < -0.39 is 0 Å². The van der Waals surface area contributed by atoms with Gasteiger partial charge in [-0.05, 0) is 42.8 Å². The van der Waals surface area contributed by atoms with Crippen LogP contribution in [0.25, 0.3) is 11.6 Å². The summed E-state index contributed by atoms with van der Waals surface area (Å²) in [4.78, 5) is 0. The normalized spacial score (nSPS) is 11.1. The number of hydrogen-bond acceptors (Lipinski definition) is 7. The van der Waals surface area contributed by atoms with Gasteiger partial charge in [0.2, 0.25) is 0 Å². The van der Waals surface area contributed by atoms with Crippen LogP contribution in [0.4, 0.5) is 5.82 Å². The molecule has 0 fully saturated rings. The summed E-state index contributed by atoms with van der Waals surface area (Å²) in [6.07, 6.45) is 1.58. The Morgan fingerprint density at radius 3 is 2.62 bits per heavy atom. The second-order valence-corrected chi connectivity index (χ2v) is 7.84.